The van der Waals surface area contributed by atoms with Crippen molar-refractivity contribution in [1.82, 2.24) is 0 Å². The molecule has 0 bridgehead atoms. The van der Waals surface area contributed by atoms with Gasteiger partial charge in [0.1, 0.15) is 5.75 Å². The normalized spacial score (nSPS) is 14.9. The second-order valence-electron chi connectivity index (χ2n) is 5.36. The quantitative estimate of drug-likeness (QED) is 0.694. The average molecular weight is 323 g/mol. The zero-order valence-corrected chi connectivity index (χ0v) is 12.6. The topological polar surface area (TPSA) is 73.9 Å². The summed E-state index contributed by atoms with van der Waals surface area (Å²) in [4.78, 5) is 23.7. The smallest absolute Gasteiger partial charge is 0.262 e. The van der Waals surface area contributed by atoms with E-state index in [2.05, 4.69) is 5.32 Å². The van der Waals surface area contributed by atoms with Crippen molar-refractivity contribution in [3.05, 3.63) is 53.6 Å². The Labute approximate surface area is 137 Å². The van der Waals surface area contributed by atoms with Gasteiger partial charge in [0.15, 0.2) is 23.9 Å². The maximum absolute atomic E-state index is 12.3. The number of rotatable bonds is 3. The average Bonchev–Trinajstić information content (AvgIpc) is 3.06. The van der Waals surface area contributed by atoms with Crippen molar-refractivity contribution in [3.63, 3.8) is 0 Å². The van der Waals surface area contributed by atoms with Gasteiger partial charge in [-0.25, -0.2) is 0 Å². The first-order chi connectivity index (χ1) is 11.7. The second-order valence-corrected chi connectivity index (χ2v) is 5.36. The first kappa shape index (κ1) is 14.3. The molecular weight excluding hydrogens is 310 g/mol. The van der Waals surface area contributed by atoms with Gasteiger partial charge in [-0.3, -0.25) is 9.59 Å². The van der Waals surface area contributed by atoms with Crippen LogP contribution in [0.5, 0.6) is 17.2 Å². The maximum Gasteiger partial charge on any atom is 0.262 e. The third-order valence-corrected chi connectivity index (χ3v) is 3.72. The Bertz CT molecular complexity index is 872. The number of ether oxygens (including phenoxy) is 3. The number of carbonyl (C=O) groups is 2. The molecule has 0 unspecified atom stereocenters. The highest BCUT2D eigenvalue weighted by Crippen LogP contribution is 2.33. The molecule has 24 heavy (non-hydrogen) atoms. The monoisotopic (exact) mass is 323 g/mol. The minimum Gasteiger partial charge on any atom is -0.482 e. The van der Waals surface area contributed by atoms with Crippen molar-refractivity contribution < 1.29 is 23.8 Å². The van der Waals surface area contributed by atoms with Crippen molar-refractivity contribution in [2.45, 2.75) is 0 Å². The van der Waals surface area contributed by atoms with Gasteiger partial charge in [-0.05, 0) is 42.0 Å². The number of nitrogens with one attached hydrogen (secondary N) is 1. The fourth-order valence-electron chi connectivity index (χ4n) is 2.52. The molecule has 2 aromatic carbocycles. The van der Waals surface area contributed by atoms with Crippen LogP contribution >= 0.6 is 0 Å². The standard InChI is InChI=1S/C18H13NO5/c20-14(4-1-11-2-5-16-17(7-11)24-10-23-16)12-3-6-15-13(8-12)19-18(21)9-22-15/h1-8H,9-10H2,(H,19,21)/b4-1+. The number of carbonyl (C=O) groups excluding carboxylic acids is 2. The van der Waals surface area contributed by atoms with Crippen LogP contribution < -0.4 is 19.5 Å². The molecule has 0 saturated heterocycles. The fourth-order valence-corrected chi connectivity index (χ4v) is 2.52. The van der Waals surface area contributed by atoms with E-state index in [1.54, 1.807) is 30.3 Å². The number of anilines is 1. The van der Waals surface area contributed by atoms with Crippen molar-refractivity contribution in [3.8, 4) is 17.2 Å². The Morgan fingerprint density at radius 2 is 1.83 bits per heavy atom. The lowest BCUT2D eigenvalue weighted by Crippen LogP contribution is -2.25. The van der Waals surface area contributed by atoms with E-state index in [1.165, 1.54) is 6.08 Å². The largest absolute Gasteiger partial charge is 0.482 e. The van der Waals surface area contributed by atoms with Crippen molar-refractivity contribution in [2.75, 3.05) is 18.7 Å². The molecule has 0 saturated carbocycles. The highest BCUT2D eigenvalue weighted by molar-refractivity contribution is 6.08. The Morgan fingerprint density at radius 1 is 1.00 bits per heavy atom. The maximum atomic E-state index is 12.3. The van der Waals surface area contributed by atoms with Crippen LogP contribution in [-0.2, 0) is 4.79 Å². The molecule has 0 spiro atoms. The molecule has 2 heterocycles. The molecule has 0 radical (unpaired) electrons. The van der Waals surface area contributed by atoms with E-state index < -0.39 is 0 Å². The predicted octanol–water partition coefficient (Wildman–Crippen LogP) is 2.64. The summed E-state index contributed by atoms with van der Waals surface area (Å²) in [5.41, 5.74) is 1.81. The molecule has 2 aliphatic heterocycles. The molecule has 0 aromatic heterocycles. The molecule has 4 rings (SSSR count). The number of allylic oxidation sites excluding steroid dienone is 1. The lowest BCUT2D eigenvalue weighted by atomic mass is 10.1. The number of hydrogen-bond acceptors (Lipinski definition) is 5. The minimum absolute atomic E-state index is 0.00961. The predicted molar refractivity (Wildman–Crippen MR) is 86.5 cm³/mol. The molecule has 0 aliphatic carbocycles. The van der Waals surface area contributed by atoms with Crippen molar-refractivity contribution in [2.24, 2.45) is 0 Å². The van der Waals surface area contributed by atoms with E-state index in [9.17, 15) is 9.59 Å². The van der Waals surface area contributed by atoms with Crippen LogP contribution in [-0.4, -0.2) is 25.1 Å². The number of ketones is 1. The van der Waals surface area contributed by atoms with Gasteiger partial charge < -0.3 is 19.5 Å². The summed E-state index contributed by atoms with van der Waals surface area (Å²) >= 11 is 0. The molecule has 2 aliphatic rings. The van der Waals surface area contributed by atoms with E-state index in [4.69, 9.17) is 14.2 Å². The molecule has 1 N–H and O–H groups in total. The fraction of sp³-hybridized carbons (Fsp3) is 0.111. The summed E-state index contributed by atoms with van der Waals surface area (Å²) in [5.74, 6) is 1.52. The highest BCUT2D eigenvalue weighted by atomic mass is 16.7. The van der Waals surface area contributed by atoms with Crippen LogP contribution in [0.2, 0.25) is 0 Å². The van der Waals surface area contributed by atoms with Gasteiger partial charge in [0.25, 0.3) is 5.91 Å². The van der Waals surface area contributed by atoms with Gasteiger partial charge >= 0.3 is 0 Å². The third kappa shape index (κ3) is 2.69. The van der Waals surface area contributed by atoms with Crippen LogP contribution in [0, 0.1) is 0 Å². The zero-order chi connectivity index (χ0) is 16.5. The van der Waals surface area contributed by atoms with Crippen LogP contribution in [0.1, 0.15) is 15.9 Å². The van der Waals surface area contributed by atoms with E-state index >= 15 is 0 Å². The lowest BCUT2D eigenvalue weighted by Gasteiger charge is -2.17. The molecule has 0 fully saturated rings. The Balaban J connectivity index is 1.54. The summed E-state index contributed by atoms with van der Waals surface area (Å²) < 4.78 is 15.8. The van der Waals surface area contributed by atoms with Crippen LogP contribution in [0.15, 0.2) is 42.5 Å². The summed E-state index contributed by atoms with van der Waals surface area (Å²) in [6.07, 6.45) is 3.18. The zero-order valence-electron chi connectivity index (χ0n) is 12.6. The van der Waals surface area contributed by atoms with Gasteiger partial charge in [0.05, 0.1) is 5.69 Å². The van der Waals surface area contributed by atoms with Crippen LogP contribution in [0.4, 0.5) is 5.69 Å². The molecule has 2 aromatic rings. The number of fused-ring (bicyclic) bond motifs is 2. The van der Waals surface area contributed by atoms with Crippen molar-refractivity contribution in [1.29, 1.82) is 0 Å². The first-order valence-electron chi connectivity index (χ1n) is 7.38. The Morgan fingerprint density at radius 3 is 2.75 bits per heavy atom. The van der Waals surface area contributed by atoms with Gasteiger partial charge in [-0.2, -0.15) is 0 Å². The Hall–Kier alpha value is -3.28. The number of hydrogen-bond donors (Lipinski definition) is 1. The molecule has 6 nitrogen and oxygen atoms in total. The second kappa shape index (κ2) is 5.73. The van der Waals surface area contributed by atoms with E-state index in [-0.39, 0.29) is 25.1 Å². The van der Waals surface area contributed by atoms with E-state index in [1.807, 2.05) is 12.1 Å². The summed E-state index contributed by atoms with van der Waals surface area (Å²) in [7, 11) is 0. The summed E-state index contributed by atoms with van der Waals surface area (Å²) in [6, 6.07) is 10.4. The highest BCUT2D eigenvalue weighted by Gasteiger charge is 2.17. The molecule has 120 valence electrons. The van der Waals surface area contributed by atoms with E-state index in [0.29, 0.717) is 28.5 Å². The van der Waals surface area contributed by atoms with Gasteiger partial charge in [-0.1, -0.05) is 12.1 Å². The number of benzene rings is 2. The molecule has 1 amide bonds. The summed E-state index contributed by atoms with van der Waals surface area (Å²) in [5, 5.41) is 2.69. The van der Waals surface area contributed by atoms with Crippen LogP contribution in [0.3, 0.4) is 0 Å². The van der Waals surface area contributed by atoms with Gasteiger partial charge in [0, 0.05) is 5.56 Å². The lowest BCUT2D eigenvalue weighted by molar-refractivity contribution is -0.118. The Kier molecular flexibility index (Phi) is 3.42. The van der Waals surface area contributed by atoms with Crippen molar-refractivity contribution >= 4 is 23.5 Å². The summed E-state index contributed by atoms with van der Waals surface area (Å²) in [6.45, 7) is 0.203. The first-order valence-corrected chi connectivity index (χ1v) is 7.38. The van der Waals surface area contributed by atoms with Crippen LogP contribution in [0.25, 0.3) is 6.08 Å². The van der Waals surface area contributed by atoms with Gasteiger partial charge in [-0.15, -0.1) is 0 Å². The minimum atomic E-state index is -0.233. The number of amides is 1. The van der Waals surface area contributed by atoms with E-state index in [0.717, 1.165) is 5.56 Å². The SMILES string of the molecule is O=C1COc2ccc(C(=O)/C=C/c3ccc4c(c3)OCO4)cc2N1. The third-order valence-electron chi connectivity index (χ3n) is 3.72. The van der Waals surface area contributed by atoms with Gasteiger partial charge in [0.2, 0.25) is 6.79 Å². The molecule has 0 atom stereocenters. The molecule has 6 heteroatoms. The molecular formula is C18H13NO5.